The Kier molecular flexibility index (Phi) is 2.96. The molecule has 0 heterocycles. The fourth-order valence-corrected chi connectivity index (χ4v) is 0.169. The summed E-state index contributed by atoms with van der Waals surface area (Å²) in [5.74, 6) is 0. The summed E-state index contributed by atoms with van der Waals surface area (Å²) in [6.07, 6.45) is -1.26. The van der Waals surface area contributed by atoms with Gasteiger partial charge in [-0.15, -0.1) is 0 Å². The molecule has 0 atom stereocenters. The Bertz CT molecular complexity index is 109. The molecule has 6 heteroatoms. The monoisotopic (exact) mass is 132 g/mol. The van der Waals surface area contributed by atoms with Crippen LogP contribution in [0.2, 0.25) is 0 Å². The van der Waals surface area contributed by atoms with Crippen LogP contribution in [0.1, 0.15) is 0 Å². The summed E-state index contributed by atoms with van der Waals surface area (Å²) >= 11 is 0. The van der Waals surface area contributed by atoms with E-state index in [4.69, 9.17) is 5.11 Å². The number of nitrogens with two attached hydrogens (primary N) is 1. The second-order valence-electron chi connectivity index (χ2n) is 1.10. The van der Waals surface area contributed by atoms with Crippen LogP contribution in [0.4, 0.5) is 9.59 Å². The van der Waals surface area contributed by atoms with Crippen molar-refractivity contribution in [2.75, 3.05) is 0 Å². The van der Waals surface area contributed by atoms with Crippen LogP contribution < -0.4 is 16.4 Å². The molecule has 0 aromatic heterocycles. The molecule has 0 aliphatic carbocycles. The van der Waals surface area contributed by atoms with E-state index in [0.29, 0.717) is 0 Å². The molecule has 3 amide bonds. The summed E-state index contributed by atoms with van der Waals surface area (Å²) in [4.78, 5) is 19.5. The molecule has 9 heavy (non-hydrogen) atoms. The summed E-state index contributed by atoms with van der Waals surface area (Å²) in [5, 5.41) is 11.5. The smallest absolute Gasteiger partial charge is 0.406 e. The first-order chi connectivity index (χ1) is 4.13. The minimum atomic E-state index is -1.26. The van der Waals surface area contributed by atoms with Crippen molar-refractivity contribution in [2.45, 2.75) is 0 Å². The van der Waals surface area contributed by atoms with Gasteiger partial charge in [0.05, 0.1) is 0 Å². The van der Waals surface area contributed by atoms with E-state index in [1.54, 1.807) is 5.32 Å². The van der Waals surface area contributed by atoms with Crippen LogP contribution in [-0.4, -0.2) is 17.2 Å². The standard InChI is InChI=1S/C3H6N3O3/c4-2(7)5-1-6-3(8)9/h1,6H,(H,8,9)(H3,4,5,7). The summed E-state index contributed by atoms with van der Waals surface area (Å²) in [5.41, 5.74) is 4.56. The van der Waals surface area contributed by atoms with Crippen molar-refractivity contribution < 1.29 is 14.7 Å². The van der Waals surface area contributed by atoms with E-state index in [-0.39, 0.29) is 0 Å². The Hall–Kier alpha value is -1.46. The molecule has 51 valence electrons. The number of hydrogen-bond acceptors (Lipinski definition) is 2. The lowest BCUT2D eigenvalue weighted by atomic mass is 10.9. The normalized spacial score (nSPS) is 8.00. The van der Waals surface area contributed by atoms with E-state index >= 15 is 0 Å². The molecule has 5 N–H and O–H groups in total. The molecule has 0 fully saturated rings. The molecule has 0 rings (SSSR count). The summed E-state index contributed by atoms with van der Waals surface area (Å²) in [6.45, 7) is 0.824. The van der Waals surface area contributed by atoms with Gasteiger partial charge >= 0.3 is 12.1 Å². The minimum Gasteiger partial charge on any atom is -0.465 e. The minimum absolute atomic E-state index is 0.816. The molecule has 6 nitrogen and oxygen atoms in total. The molecular weight excluding hydrogens is 126 g/mol. The van der Waals surface area contributed by atoms with Crippen molar-refractivity contribution >= 4 is 12.1 Å². The van der Waals surface area contributed by atoms with Gasteiger partial charge in [0.15, 0.2) is 0 Å². The molecule has 1 radical (unpaired) electrons. The first-order valence-corrected chi connectivity index (χ1v) is 2.00. The van der Waals surface area contributed by atoms with Crippen LogP contribution in [-0.2, 0) is 0 Å². The summed E-state index contributed by atoms with van der Waals surface area (Å²) < 4.78 is 0. The molecule has 0 bridgehead atoms. The lowest BCUT2D eigenvalue weighted by molar-refractivity contribution is 0.196. The Morgan fingerprint density at radius 2 is 2.00 bits per heavy atom. The molecule has 0 unspecified atom stereocenters. The number of rotatable bonds is 2. The predicted octanol–water partition coefficient (Wildman–Crippen LogP) is -0.958. The number of urea groups is 1. The van der Waals surface area contributed by atoms with Crippen molar-refractivity contribution in [1.82, 2.24) is 10.6 Å². The molecule has 0 aliphatic heterocycles. The number of primary amides is 1. The first-order valence-electron chi connectivity index (χ1n) is 2.00. The van der Waals surface area contributed by atoms with Gasteiger partial charge < -0.3 is 16.2 Å². The van der Waals surface area contributed by atoms with E-state index in [9.17, 15) is 9.59 Å². The summed E-state index contributed by atoms with van der Waals surface area (Å²) in [7, 11) is 0. The number of carbonyl (C=O) groups is 2. The van der Waals surface area contributed by atoms with Crippen LogP contribution in [0.5, 0.6) is 0 Å². The van der Waals surface area contributed by atoms with Gasteiger partial charge in [-0.3, -0.25) is 5.32 Å². The fourth-order valence-electron chi connectivity index (χ4n) is 0.169. The second kappa shape index (κ2) is 3.53. The molecule has 0 spiro atoms. The topological polar surface area (TPSA) is 104 Å². The second-order valence-corrected chi connectivity index (χ2v) is 1.10. The van der Waals surface area contributed by atoms with Crippen LogP contribution >= 0.6 is 0 Å². The molecule has 0 saturated carbocycles. The zero-order valence-corrected chi connectivity index (χ0v) is 4.42. The number of carbonyl (C=O) groups excluding carboxylic acids is 1. The Balaban J connectivity index is 3.10. The Morgan fingerprint density at radius 3 is 2.33 bits per heavy atom. The zero-order valence-electron chi connectivity index (χ0n) is 4.42. The third-order valence-electron chi connectivity index (χ3n) is 0.410. The first kappa shape index (κ1) is 7.54. The maximum atomic E-state index is 9.83. The van der Waals surface area contributed by atoms with Crippen molar-refractivity contribution in [3.05, 3.63) is 6.67 Å². The van der Waals surface area contributed by atoms with Crippen molar-refractivity contribution in [1.29, 1.82) is 0 Å². The largest absolute Gasteiger partial charge is 0.465 e. The highest BCUT2D eigenvalue weighted by Gasteiger charge is 1.93. The van der Waals surface area contributed by atoms with Gasteiger partial charge in [0.2, 0.25) is 0 Å². The van der Waals surface area contributed by atoms with Gasteiger partial charge in [-0.1, -0.05) is 0 Å². The highest BCUT2D eigenvalue weighted by molar-refractivity contribution is 5.73. The average molecular weight is 132 g/mol. The fraction of sp³-hybridized carbons (Fsp3) is 0. The van der Waals surface area contributed by atoms with E-state index in [2.05, 4.69) is 5.73 Å². The van der Waals surface area contributed by atoms with Crippen LogP contribution in [0.3, 0.4) is 0 Å². The number of hydrogen-bond donors (Lipinski definition) is 4. The van der Waals surface area contributed by atoms with Crippen molar-refractivity contribution in [3.63, 3.8) is 0 Å². The number of amides is 3. The number of nitrogens with one attached hydrogen (secondary N) is 2. The lowest BCUT2D eigenvalue weighted by Crippen LogP contribution is -2.34. The maximum absolute atomic E-state index is 9.83. The van der Waals surface area contributed by atoms with E-state index in [1.165, 1.54) is 0 Å². The predicted molar refractivity (Wildman–Crippen MR) is 28.2 cm³/mol. The van der Waals surface area contributed by atoms with Crippen LogP contribution in [0.25, 0.3) is 0 Å². The average Bonchev–Trinajstić information content (AvgIpc) is 1.63. The van der Waals surface area contributed by atoms with Crippen LogP contribution in [0.15, 0.2) is 0 Å². The molecule has 0 aliphatic rings. The summed E-state index contributed by atoms with van der Waals surface area (Å²) in [6, 6.07) is -0.816. The van der Waals surface area contributed by atoms with E-state index in [1.807, 2.05) is 5.32 Å². The SMILES string of the molecule is NC(=O)N[CH]NC(=O)O. The van der Waals surface area contributed by atoms with Gasteiger partial charge in [0, 0.05) is 0 Å². The van der Waals surface area contributed by atoms with E-state index < -0.39 is 12.1 Å². The molecule has 0 aromatic carbocycles. The lowest BCUT2D eigenvalue weighted by Gasteiger charge is -1.97. The third-order valence-corrected chi connectivity index (χ3v) is 0.410. The Labute approximate surface area is 51.0 Å². The third kappa shape index (κ3) is 6.54. The van der Waals surface area contributed by atoms with Gasteiger partial charge in [-0.2, -0.15) is 0 Å². The molecular formula is C3H6N3O3. The highest BCUT2D eigenvalue weighted by Crippen LogP contribution is 1.62. The van der Waals surface area contributed by atoms with Crippen LogP contribution in [0, 0.1) is 6.67 Å². The van der Waals surface area contributed by atoms with Gasteiger partial charge in [0.1, 0.15) is 6.67 Å². The zero-order chi connectivity index (χ0) is 7.28. The van der Waals surface area contributed by atoms with Crippen molar-refractivity contribution in [2.24, 2.45) is 5.73 Å². The van der Waals surface area contributed by atoms with Gasteiger partial charge in [-0.05, 0) is 0 Å². The molecule has 0 aromatic rings. The highest BCUT2D eigenvalue weighted by atomic mass is 16.4. The van der Waals surface area contributed by atoms with E-state index in [0.717, 1.165) is 6.67 Å². The quantitative estimate of drug-likeness (QED) is 0.389. The maximum Gasteiger partial charge on any atom is 0.406 e. The van der Waals surface area contributed by atoms with Gasteiger partial charge in [-0.25, -0.2) is 9.59 Å². The molecule has 0 saturated heterocycles. The van der Waals surface area contributed by atoms with Crippen molar-refractivity contribution in [3.8, 4) is 0 Å². The Morgan fingerprint density at radius 1 is 1.44 bits per heavy atom. The number of carboxylic acid groups (broad SMARTS) is 1. The van der Waals surface area contributed by atoms with Gasteiger partial charge in [0.25, 0.3) is 0 Å².